The summed E-state index contributed by atoms with van der Waals surface area (Å²) >= 11 is 3.41. The average Bonchev–Trinajstić information content (AvgIpc) is 2.31. The topological polar surface area (TPSA) is 38.9 Å². The molecule has 0 amide bonds. The second-order valence-electron chi connectivity index (χ2n) is 3.28. The van der Waals surface area contributed by atoms with Gasteiger partial charge in [-0.05, 0) is 17.2 Å². The van der Waals surface area contributed by atoms with Crippen LogP contribution in [0.4, 0.5) is 5.82 Å². The lowest BCUT2D eigenvalue weighted by Crippen LogP contribution is -1.95. The van der Waals surface area contributed by atoms with E-state index in [9.17, 15) is 0 Å². The molecule has 0 bridgehead atoms. The Balaban J connectivity index is 2.52. The third kappa shape index (κ3) is 2.18. The van der Waals surface area contributed by atoms with E-state index >= 15 is 0 Å². The fraction of sp³-hybridized carbons (Fsp3) is 0.0833. The summed E-state index contributed by atoms with van der Waals surface area (Å²) in [6.45, 7) is 0. The van der Waals surface area contributed by atoms with Crippen LogP contribution in [0.1, 0.15) is 5.56 Å². The van der Waals surface area contributed by atoms with Crippen LogP contribution in [0.2, 0.25) is 0 Å². The highest BCUT2D eigenvalue weighted by Crippen LogP contribution is 2.25. The molecule has 1 aromatic carbocycles. The van der Waals surface area contributed by atoms with Gasteiger partial charge in [0.05, 0.1) is 0 Å². The number of alkyl halides is 1. The molecule has 0 atom stereocenters. The van der Waals surface area contributed by atoms with Crippen molar-refractivity contribution in [3.05, 3.63) is 48.2 Å². The zero-order valence-corrected chi connectivity index (χ0v) is 9.74. The molecule has 76 valence electrons. The summed E-state index contributed by atoms with van der Waals surface area (Å²) < 4.78 is 0. The summed E-state index contributed by atoms with van der Waals surface area (Å²) in [4.78, 5) is 4.17. The Labute approximate surface area is 97.3 Å². The summed E-state index contributed by atoms with van der Waals surface area (Å²) in [5, 5.41) is 0.792. The smallest absolute Gasteiger partial charge is 0.131 e. The van der Waals surface area contributed by atoms with Crippen molar-refractivity contribution < 1.29 is 0 Å². The molecule has 0 fully saturated rings. The van der Waals surface area contributed by atoms with Gasteiger partial charge in [0.25, 0.3) is 0 Å². The van der Waals surface area contributed by atoms with Gasteiger partial charge in [-0.2, -0.15) is 0 Å². The number of nitrogens with zero attached hydrogens (tertiary/aromatic N) is 1. The van der Waals surface area contributed by atoms with Gasteiger partial charge in [-0.25, -0.2) is 4.98 Å². The van der Waals surface area contributed by atoms with Crippen molar-refractivity contribution in [2.24, 2.45) is 0 Å². The highest BCUT2D eigenvalue weighted by atomic mass is 79.9. The van der Waals surface area contributed by atoms with Crippen molar-refractivity contribution >= 4 is 21.7 Å². The fourth-order valence-corrected chi connectivity index (χ4v) is 1.75. The van der Waals surface area contributed by atoms with Crippen LogP contribution in [-0.2, 0) is 5.33 Å². The van der Waals surface area contributed by atoms with Gasteiger partial charge in [0.15, 0.2) is 0 Å². The van der Waals surface area contributed by atoms with Gasteiger partial charge in [0.1, 0.15) is 5.82 Å². The Bertz CT molecular complexity index is 454. The Kier molecular flexibility index (Phi) is 3.02. The molecular weight excluding hydrogens is 252 g/mol. The minimum Gasteiger partial charge on any atom is -0.383 e. The number of hydrogen-bond acceptors (Lipinski definition) is 2. The molecule has 0 aliphatic heterocycles. The zero-order chi connectivity index (χ0) is 10.7. The van der Waals surface area contributed by atoms with E-state index in [2.05, 4.69) is 27.0 Å². The standard InChI is InChI=1S/C12H11BrN2/c13-7-9-6-11(12(14)15-8-9)10-4-2-1-3-5-10/h1-6,8H,7H2,(H2,14,15). The van der Waals surface area contributed by atoms with Crippen molar-refractivity contribution in [1.82, 2.24) is 4.98 Å². The number of nitrogen functional groups attached to an aromatic ring is 1. The first kappa shape index (κ1) is 10.2. The summed E-state index contributed by atoms with van der Waals surface area (Å²) in [6, 6.07) is 12.1. The molecule has 0 unspecified atom stereocenters. The molecule has 0 aliphatic rings. The van der Waals surface area contributed by atoms with Crippen LogP contribution >= 0.6 is 15.9 Å². The largest absolute Gasteiger partial charge is 0.383 e. The van der Waals surface area contributed by atoms with Crippen LogP contribution in [0.3, 0.4) is 0 Å². The number of halogens is 1. The predicted octanol–water partition coefficient (Wildman–Crippen LogP) is 3.23. The van der Waals surface area contributed by atoms with E-state index in [1.807, 2.05) is 30.3 Å². The van der Waals surface area contributed by atoms with E-state index in [1.165, 1.54) is 0 Å². The lowest BCUT2D eigenvalue weighted by Gasteiger charge is -2.06. The molecule has 0 saturated carbocycles. The second kappa shape index (κ2) is 4.45. The summed E-state index contributed by atoms with van der Waals surface area (Å²) in [5.74, 6) is 0.575. The molecule has 15 heavy (non-hydrogen) atoms. The zero-order valence-electron chi connectivity index (χ0n) is 8.15. The van der Waals surface area contributed by atoms with Crippen molar-refractivity contribution in [2.75, 3.05) is 5.73 Å². The van der Waals surface area contributed by atoms with Crippen molar-refractivity contribution in [1.29, 1.82) is 0 Å². The van der Waals surface area contributed by atoms with Crippen LogP contribution in [0.15, 0.2) is 42.6 Å². The summed E-state index contributed by atoms with van der Waals surface area (Å²) in [7, 11) is 0. The molecule has 3 heteroatoms. The van der Waals surface area contributed by atoms with Crippen LogP contribution in [0.5, 0.6) is 0 Å². The molecular formula is C12H11BrN2. The van der Waals surface area contributed by atoms with Crippen molar-refractivity contribution in [2.45, 2.75) is 5.33 Å². The number of hydrogen-bond donors (Lipinski definition) is 1. The van der Waals surface area contributed by atoms with E-state index in [0.717, 1.165) is 22.0 Å². The second-order valence-corrected chi connectivity index (χ2v) is 3.84. The minimum atomic E-state index is 0.575. The van der Waals surface area contributed by atoms with Crippen LogP contribution in [-0.4, -0.2) is 4.98 Å². The average molecular weight is 263 g/mol. The van der Waals surface area contributed by atoms with Crippen molar-refractivity contribution in [3.63, 3.8) is 0 Å². The summed E-state index contributed by atoms with van der Waals surface area (Å²) in [5.41, 5.74) is 9.07. The number of nitrogens with two attached hydrogens (primary N) is 1. The number of rotatable bonds is 2. The van der Waals surface area contributed by atoms with Gasteiger partial charge in [0.2, 0.25) is 0 Å². The lowest BCUT2D eigenvalue weighted by molar-refractivity contribution is 1.27. The first-order valence-electron chi connectivity index (χ1n) is 4.67. The van der Waals surface area contributed by atoms with E-state index in [4.69, 9.17) is 5.73 Å². The fourth-order valence-electron chi connectivity index (χ4n) is 1.44. The number of benzene rings is 1. The van der Waals surface area contributed by atoms with Gasteiger partial charge >= 0.3 is 0 Å². The maximum atomic E-state index is 5.85. The van der Waals surface area contributed by atoms with E-state index < -0.39 is 0 Å². The SMILES string of the molecule is Nc1ncc(CBr)cc1-c1ccccc1. The molecule has 2 aromatic rings. The van der Waals surface area contributed by atoms with Crippen molar-refractivity contribution in [3.8, 4) is 11.1 Å². The molecule has 0 aliphatic carbocycles. The Morgan fingerprint density at radius 3 is 2.60 bits per heavy atom. The molecule has 0 saturated heterocycles. The molecule has 2 rings (SSSR count). The molecule has 0 radical (unpaired) electrons. The minimum absolute atomic E-state index is 0.575. The molecule has 0 spiro atoms. The highest BCUT2D eigenvalue weighted by molar-refractivity contribution is 9.08. The van der Waals surface area contributed by atoms with Crippen LogP contribution in [0.25, 0.3) is 11.1 Å². The maximum Gasteiger partial charge on any atom is 0.131 e. The first-order chi connectivity index (χ1) is 7.31. The van der Waals surface area contributed by atoms with Gasteiger partial charge < -0.3 is 5.73 Å². The lowest BCUT2D eigenvalue weighted by atomic mass is 10.1. The van der Waals surface area contributed by atoms with E-state index in [-0.39, 0.29) is 0 Å². The quantitative estimate of drug-likeness (QED) is 0.845. The molecule has 1 heterocycles. The first-order valence-corrected chi connectivity index (χ1v) is 5.79. The summed E-state index contributed by atoms with van der Waals surface area (Å²) in [6.07, 6.45) is 1.79. The van der Waals surface area contributed by atoms with E-state index in [0.29, 0.717) is 5.82 Å². The normalized spacial score (nSPS) is 10.2. The number of pyridine rings is 1. The Hall–Kier alpha value is -1.35. The number of aromatic nitrogens is 1. The van der Waals surface area contributed by atoms with Gasteiger partial charge in [-0.1, -0.05) is 46.3 Å². The van der Waals surface area contributed by atoms with E-state index in [1.54, 1.807) is 6.20 Å². The van der Waals surface area contributed by atoms with Crippen LogP contribution in [0, 0.1) is 0 Å². The predicted molar refractivity (Wildman–Crippen MR) is 66.7 cm³/mol. The molecule has 2 nitrogen and oxygen atoms in total. The van der Waals surface area contributed by atoms with Gasteiger partial charge in [-0.3, -0.25) is 0 Å². The monoisotopic (exact) mass is 262 g/mol. The van der Waals surface area contributed by atoms with Gasteiger partial charge in [0, 0.05) is 17.1 Å². The maximum absolute atomic E-state index is 5.85. The highest BCUT2D eigenvalue weighted by Gasteiger charge is 2.04. The number of anilines is 1. The third-order valence-corrected chi connectivity index (χ3v) is 2.86. The molecule has 1 aromatic heterocycles. The van der Waals surface area contributed by atoms with Gasteiger partial charge in [-0.15, -0.1) is 0 Å². The van der Waals surface area contributed by atoms with Crippen LogP contribution < -0.4 is 5.73 Å². The Morgan fingerprint density at radius 2 is 1.93 bits per heavy atom. The molecule has 2 N–H and O–H groups in total. The third-order valence-electron chi connectivity index (χ3n) is 2.21. The Morgan fingerprint density at radius 1 is 1.20 bits per heavy atom.